The number of aromatic amines is 1. The van der Waals surface area contributed by atoms with Crippen molar-refractivity contribution in [3.63, 3.8) is 0 Å². The van der Waals surface area contributed by atoms with Crippen LogP contribution in [0.3, 0.4) is 0 Å². The summed E-state index contributed by atoms with van der Waals surface area (Å²) in [6.07, 6.45) is -4.45. The number of carboxylic acids is 1. The molecule has 194 valence electrons. The smallest absolute Gasteiger partial charge is 0.439 e. The van der Waals surface area contributed by atoms with Crippen molar-refractivity contribution in [1.29, 1.82) is 0 Å². The normalized spacial score (nSPS) is 12.8. The molecule has 1 heterocycles. The Kier molecular flexibility index (Phi) is 9.18. The van der Waals surface area contributed by atoms with Crippen LogP contribution >= 0.6 is 23.2 Å². The van der Waals surface area contributed by atoms with Gasteiger partial charge in [0, 0.05) is 28.1 Å². The van der Waals surface area contributed by atoms with Gasteiger partial charge in [-0.15, -0.1) is 0 Å². The fourth-order valence-electron chi connectivity index (χ4n) is 3.56. The average molecular weight is 553 g/mol. The van der Waals surface area contributed by atoms with Gasteiger partial charge in [0.25, 0.3) is 0 Å². The maximum Gasteiger partial charge on any atom is 0.439 e. The molecule has 0 bridgehead atoms. The molecule has 0 saturated heterocycles. The van der Waals surface area contributed by atoms with Crippen LogP contribution in [-0.2, 0) is 11.2 Å². The topological polar surface area (TPSA) is 96.5 Å². The maximum atomic E-state index is 12.8. The Morgan fingerprint density at radius 3 is 2.05 bits per heavy atom. The number of nitrogens with one attached hydrogen (secondary N) is 2. The number of H-pyrrole nitrogens is 1. The molecule has 37 heavy (non-hydrogen) atoms. The number of hydrogen-bond acceptors (Lipinski definition) is 4. The summed E-state index contributed by atoms with van der Waals surface area (Å²) in [6.45, 7) is 2.00. The summed E-state index contributed by atoms with van der Waals surface area (Å²) >= 11 is 12.1. The summed E-state index contributed by atoms with van der Waals surface area (Å²) in [5, 5.41) is 13.2. The van der Waals surface area contributed by atoms with E-state index in [9.17, 15) is 18.0 Å². The number of benzene rings is 3. The summed E-state index contributed by atoms with van der Waals surface area (Å²) in [7, 11) is 0. The number of hydrogen-bond donors (Lipinski definition) is 1. The molecule has 0 unspecified atom stereocenters. The summed E-state index contributed by atoms with van der Waals surface area (Å²) in [5.74, 6) is -3.07. The monoisotopic (exact) mass is 552 g/mol. The summed E-state index contributed by atoms with van der Waals surface area (Å²) < 4.78 is 37.2. The zero-order valence-corrected chi connectivity index (χ0v) is 20.8. The first-order valence-corrected chi connectivity index (χ1v) is 11.7. The lowest BCUT2D eigenvalue weighted by atomic mass is 9.86. The molecule has 0 aliphatic carbocycles. The molecule has 3 aromatic carbocycles. The molecule has 2 N–H and O–H groups in total. The minimum atomic E-state index is -5.19. The lowest BCUT2D eigenvalue weighted by Gasteiger charge is -2.25. The van der Waals surface area contributed by atoms with E-state index in [1.54, 1.807) is 0 Å². The standard InChI is InChI=1S/C24H20Cl2N2O2.C2HF3O2/c1-15(27-23(29)24-28-21-4-2-3-5-22(21)30-24)20(17-8-12-19(26)13-9-17)14-16-6-10-18(25)11-7-16;3-2(4,5)1(6)7/h2-13,15,20H,14H2,1H3,(H,27,29);(H,6,7)/t15-,20+;/m1./s1. The number of carboxylic acid groups (broad SMARTS) is 1. The number of carbonyl (C=O) groups excluding carboxylic acids is 2. The van der Waals surface area contributed by atoms with E-state index in [1.165, 1.54) is 0 Å². The van der Waals surface area contributed by atoms with Crippen LogP contribution in [0.1, 0.15) is 34.7 Å². The third kappa shape index (κ3) is 7.96. The van der Waals surface area contributed by atoms with Gasteiger partial charge in [0.15, 0.2) is 0 Å². The van der Waals surface area contributed by atoms with Gasteiger partial charge >= 0.3 is 18.0 Å². The van der Waals surface area contributed by atoms with E-state index in [0.717, 1.165) is 23.1 Å². The Balaban J connectivity index is 0.000000479. The second-order valence-corrected chi connectivity index (χ2v) is 8.96. The predicted molar refractivity (Wildman–Crippen MR) is 130 cm³/mol. The van der Waals surface area contributed by atoms with E-state index in [4.69, 9.17) is 37.5 Å². The molecule has 1 amide bonds. The summed E-state index contributed by atoms with van der Waals surface area (Å²) in [5.41, 5.74) is 3.66. The van der Waals surface area contributed by atoms with Gasteiger partial charge in [-0.05, 0) is 54.8 Å². The number of para-hydroxylation sites is 2. The first-order chi connectivity index (χ1) is 17.4. The van der Waals surface area contributed by atoms with Crippen molar-refractivity contribution in [1.82, 2.24) is 5.32 Å². The molecule has 0 fully saturated rings. The van der Waals surface area contributed by atoms with E-state index < -0.39 is 12.1 Å². The Hall–Kier alpha value is -3.56. The first kappa shape index (κ1) is 28.0. The largest absolute Gasteiger partial charge is 0.542 e. The SMILES string of the molecule is C[C@@H](NC(=O)c1[nH+]c2ccccc2o1)[C@H](Cc1ccc(Cl)cc1)c1ccc(Cl)cc1.O=C([O-])C(F)(F)F. The van der Waals surface area contributed by atoms with Crippen LogP contribution in [0.4, 0.5) is 13.2 Å². The maximum absolute atomic E-state index is 12.8. The molecule has 4 aromatic rings. The Morgan fingerprint density at radius 2 is 1.51 bits per heavy atom. The van der Waals surface area contributed by atoms with Gasteiger partial charge in [-0.1, -0.05) is 59.6 Å². The van der Waals surface area contributed by atoms with Crippen molar-refractivity contribution >= 4 is 46.2 Å². The second-order valence-electron chi connectivity index (χ2n) is 8.09. The van der Waals surface area contributed by atoms with Gasteiger partial charge in [-0.25, -0.2) is 0 Å². The third-order valence-electron chi connectivity index (χ3n) is 5.41. The summed E-state index contributed by atoms with van der Waals surface area (Å²) in [4.78, 5) is 24.7. The molecular weight excluding hydrogens is 532 g/mol. The third-order valence-corrected chi connectivity index (χ3v) is 5.92. The van der Waals surface area contributed by atoms with Crippen molar-refractivity contribution in [3.8, 4) is 0 Å². The van der Waals surface area contributed by atoms with Crippen LogP contribution in [-0.4, -0.2) is 24.1 Å². The van der Waals surface area contributed by atoms with Gasteiger partial charge in [0.2, 0.25) is 11.1 Å². The van der Waals surface area contributed by atoms with Crippen molar-refractivity contribution in [2.75, 3.05) is 0 Å². The number of halogens is 5. The van der Waals surface area contributed by atoms with E-state index in [-0.39, 0.29) is 23.8 Å². The van der Waals surface area contributed by atoms with Gasteiger partial charge in [0.05, 0.1) is 0 Å². The Bertz CT molecular complexity index is 1320. The molecule has 2 atom stereocenters. The minimum Gasteiger partial charge on any atom is -0.542 e. The zero-order valence-electron chi connectivity index (χ0n) is 19.3. The number of fused-ring (bicyclic) bond motifs is 1. The molecule has 6 nitrogen and oxygen atoms in total. The fraction of sp³-hybridized carbons (Fsp3) is 0.192. The fourth-order valence-corrected chi connectivity index (χ4v) is 3.81. The van der Waals surface area contributed by atoms with Crippen LogP contribution in [0.2, 0.25) is 10.0 Å². The average Bonchev–Trinajstić information content (AvgIpc) is 3.29. The van der Waals surface area contributed by atoms with Crippen LogP contribution in [0.15, 0.2) is 77.2 Å². The quantitative estimate of drug-likeness (QED) is 0.364. The van der Waals surface area contributed by atoms with E-state index >= 15 is 0 Å². The molecule has 0 aliphatic rings. The van der Waals surface area contributed by atoms with E-state index in [1.807, 2.05) is 79.7 Å². The predicted octanol–water partition coefficient (Wildman–Crippen LogP) is 5.00. The molecule has 1 aromatic heterocycles. The van der Waals surface area contributed by atoms with Crippen molar-refractivity contribution in [2.24, 2.45) is 0 Å². The van der Waals surface area contributed by atoms with Gasteiger partial charge in [0.1, 0.15) is 5.97 Å². The highest BCUT2D eigenvalue weighted by Gasteiger charge is 2.29. The molecule has 0 radical (unpaired) electrons. The number of oxazole rings is 1. The van der Waals surface area contributed by atoms with Gasteiger partial charge in [-0.2, -0.15) is 18.2 Å². The molecule has 0 aliphatic heterocycles. The second kappa shape index (κ2) is 12.1. The van der Waals surface area contributed by atoms with Crippen LogP contribution in [0, 0.1) is 0 Å². The number of amides is 1. The number of carbonyl (C=O) groups is 2. The van der Waals surface area contributed by atoms with Crippen molar-refractivity contribution in [2.45, 2.75) is 31.5 Å². The number of alkyl halides is 3. The molecule has 0 saturated carbocycles. The number of aliphatic carboxylic acids is 1. The Labute approximate surface area is 220 Å². The van der Waals surface area contributed by atoms with Crippen LogP contribution < -0.4 is 15.4 Å². The lowest BCUT2D eigenvalue weighted by molar-refractivity contribution is -0.359. The van der Waals surface area contributed by atoms with Gasteiger partial charge in [-0.3, -0.25) is 4.79 Å². The molecule has 0 spiro atoms. The molecule has 4 rings (SSSR count). The minimum absolute atomic E-state index is 0.0387. The highest BCUT2D eigenvalue weighted by Crippen LogP contribution is 2.27. The van der Waals surface area contributed by atoms with Crippen molar-refractivity contribution in [3.05, 3.63) is 99.9 Å². The first-order valence-electron chi connectivity index (χ1n) is 10.9. The zero-order chi connectivity index (χ0) is 27.2. The van der Waals surface area contributed by atoms with E-state index in [2.05, 4.69) is 10.3 Å². The van der Waals surface area contributed by atoms with Crippen LogP contribution in [0.25, 0.3) is 11.1 Å². The Morgan fingerprint density at radius 1 is 0.973 bits per heavy atom. The number of aromatic nitrogens is 1. The van der Waals surface area contributed by atoms with Crippen LogP contribution in [0.5, 0.6) is 0 Å². The highest BCUT2D eigenvalue weighted by molar-refractivity contribution is 6.30. The van der Waals surface area contributed by atoms with Crippen molar-refractivity contribution < 1.29 is 37.3 Å². The number of rotatable bonds is 6. The molecule has 11 heteroatoms. The highest BCUT2D eigenvalue weighted by atomic mass is 35.5. The summed E-state index contributed by atoms with van der Waals surface area (Å²) in [6, 6.07) is 22.8. The van der Waals surface area contributed by atoms with E-state index in [0.29, 0.717) is 15.6 Å². The van der Waals surface area contributed by atoms with Gasteiger partial charge < -0.3 is 19.6 Å². The lowest BCUT2D eigenvalue weighted by Crippen LogP contribution is -2.39. The molecular formula is C26H21Cl2F3N2O4.